The first-order valence-corrected chi connectivity index (χ1v) is 10.0. The third kappa shape index (κ3) is 2.97. The van der Waals surface area contributed by atoms with Gasteiger partial charge in [0.15, 0.2) is 5.69 Å². The van der Waals surface area contributed by atoms with Crippen molar-refractivity contribution in [3.05, 3.63) is 33.9 Å². The van der Waals surface area contributed by atoms with Crippen molar-refractivity contribution in [3.63, 3.8) is 0 Å². The van der Waals surface area contributed by atoms with Crippen LogP contribution < -0.4 is 0 Å². The molecule has 7 nitrogen and oxygen atoms in total. The summed E-state index contributed by atoms with van der Waals surface area (Å²) in [6, 6.07) is 3.30. The Balaban J connectivity index is 1.71. The molecule has 0 unspecified atom stereocenters. The van der Waals surface area contributed by atoms with Gasteiger partial charge in [-0.05, 0) is 18.4 Å². The zero-order chi connectivity index (χ0) is 17.5. The van der Waals surface area contributed by atoms with Crippen LogP contribution in [0.25, 0.3) is 0 Å². The molecule has 3 heterocycles. The zero-order valence-corrected chi connectivity index (χ0v) is 15.7. The SMILES string of the molecule is Cc1c(Cl)c(C(=O)N2CCN(S(=O)(=O)c3cccs3)CC2)nn1C. The first kappa shape index (κ1) is 17.4. The minimum Gasteiger partial charge on any atom is -0.335 e. The monoisotopic (exact) mass is 388 g/mol. The first-order chi connectivity index (χ1) is 11.3. The Morgan fingerprint density at radius 3 is 2.46 bits per heavy atom. The number of carbonyl (C=O) groups is 1. The summed E-state index contributed by atoms with van der Waals surface area (Å²) in [5, 5.41) is 6.23. The maximum Gasteiger partial charge on any atom is 0.276 e. The number of nitrogens with zero attached hydrogens (tertiary/aromatic N) is 4. The van der Waals surface area contributed by atoms with E-state index < -0.39 is 10.0 Å². The Morgan fingerprint density at radius 2 is 1.96 bits per heavy atom. The summed E-state index contributed by atoms with van der Waals surface area (Å²) >= 11 is 7.35. The van der Waals surface area contributed by atoms with E-state index in [0.29, 0.717) is 22.3 Å². The maximum absolute atomic E-state index is 12.6. The second kappa shape index (κ2) is 6.47. The number of amides is 1. The number of carbonyl (C=O) groups excluding carboxylic acids is 1. The molecule has 0 N–H and O–H groups in total. The predicted octanol–water partition coefficient (Wildman–Crippen LogP) is 1.59. The van der Waals surface area contributed by atoms with Gasteiger partial charge in [0.2, 0.25) is 0 Å². The molecular weight excluding hydrogens is 372 g/mol. The lowest BCUT2D eigenvalue weighted by molar-refractivity contribution is 0.0691. The van der Waals surface area contributed by atoms with E-state index >= 15 is 0 Å². The quantitative estimate of drug-likeness (QED) is 0.800. The van der Waals surface area contributed by atoms with Gasteiger partial charge in [-0.1, -0.05) is 17.7 Å². The minimum absolute atomic E-state index is 0.214. The van der Waals surface area contributed by atoms with Crippen molar-refractivity contribution >= 4 is 38.9 Å². The van der Waals surface area contributed by atoms with Gasteiger partial charge in [-0.25, -0.2) is 8.42 Å². The van der Waals surface area contributed by atoms with Crippen molar-refractivity contribution < 1.29 is 13.2 Å². The van der Waals surface area contributed by atoms with Crippen molar-refractivity contribution in [1.82, 2.24) is 19.0 Å². The van der Waals surface area contributed by atoms with Crippen molar-refractivity contribution in [2.45, 2.75) is 11.1 Å². The fourth-order valence-corrected chi connectivity index (χ4v) is 5.35. The average Bonchev–Trinajstić information content (AvgIpc) is 3.20. The van der Waals surface area contributed by atoms with Crippen molar-refractivity contribution in [3.8, 4) is 0 Å². The third-order valence-corrected chi connectivity index (χ3v) is 7.80. The van der Waals surface area contributed by atoms with E-state index in [2.05, 4.69) is 5.10 Å². The summed E-state index contributed by atoms with van der Waals surface area (Å²) in [6.45, 7) is 2.94. The molecule has 1 amide bonds. The summed E-state index contributed by atoms with van der Waals surface area (Å²) in [6.07, 6.45) is 0. The molecule has 0 bridgehead atoms. The Labute approximate surface area is 149 Å². The van der Waals surface area contributed by atoms with Crippen molar-refractivity contribution in [1.29, 1.82) is 0 Å². The van der Waals surface area contributed by atoms with Gasteiger partial charge in [0.25, 0.3) is 15.9 Å². The highest BCUT2D eigenvalue weighted by Crippen LogP contribution is 2.24. The molecule has 24 heavy (non-hydrogen) atoms. The molecule has 2 aromatic rings. The molecule has 0 radical (unpaired) electrons. The molecule has 1 saturated heterocycles. The standard InChI is InChI=1S/C14H17ClN4O3S2/c1-10-12(15)13(16-17(10)2)14(20)18-5-7-19(8-6-18)24(21,22)11-4-3-9-23-11/h3-4,9H,5-8H2,1-2H3. The first-order valence-electron chi connectivity index (χ1n) is 7.34. The summed E-state index contributed by atoms with van der Waals surface area (Å²) in [7, 11) is -1.75. The van der Waals surface area contributed by atoms with Crippen LogP contribution in [-0.2, 0) is 17.1 Å². The van der Waals surface area contributed by atoms with Crippen molar-refractivity contribution in [2.24, 2.45) is 7.05 Å². The summed E-state index contributed by atoms with van der Waals surface area (Å²) in [5.74, 6) is -0.267. The van der Waals surface area contributed by atoms with Crippen LogP contribution in [-0.4, -0.2) is 59.5 Å². The number of thiophene rings is 1. The van der Waals surface area contributed by atoms with Crippen LogP contribution in [0.2, 0.25) is 5.02 Å². The molecule has 0 aromatic carbocycles. The van der Waals surface area contributed by atoms with Crippen LogP contribution in [0.15, 0.2) is 21.7 Å². The van der Waals surface area contributed by atoms with E-state index in [-0.39, 0.29) is 24.7 Å². The van der Waals surface area contributed by atoms with E-state index in [0.717, 1.165) is 5.69 Å². The second-order valence-electron chi connectivity index (χ2n) is 5.50. The number of piperazine rings is 1. The fraction of sp³-hybridized carbons (Fsp3) is 0.429. The number of hydrogen-bond donors (Lipinski definition) is 0. The van der Waals surface area contributed by atoms with E-state index in [1.165, 1.54) is 15.6 Å². The lowest BCUT2D eigenvalue weighted by Crippen LogP contribution is -2.50. The number of hydrogen-bond acceptors (Lipinski definition) is 5. The largest absolute Gasteiger partial charge is 0.335 e. The van der Waals surface area contributed by atoms with E-state index in [1.54, 1.807) is 41.1 Å². The Morgan fingerprint density at radius 1 is 1.29 bits per heavy atom. The van der Waals surface area contributed by atoms with Gasteiger partial charge in [0, 0.05) is 33.2 Å². The smallest absolute Gasteiger partial charge is 0.276 e. The number of rotatable bonds is 3. The normalized spacial score (nSPS) is 16.5. The molecule has 10 heteroatoms. The zero-order valence-electron chi connectivity index (χ0n) is 13.3. The average molecular weight is 389 g/mol. The number of aromatic nitrogens is 2. The van der Waals surface area contributed by atoms with Gasteiger partial charge in [-0.3, -0.25) is 9.48 Å². The van der Waals surface area contributed by atoms with E-state index in [1.807, 2.05) is 0 Å². The van der Waals surface area contributed by atoms with Gasteiger partial charge < -0.3 is 4.90 Å². The Kier molecular flexibility index (Phi) is 4.69. The summed E-state index contributed by atoms with van der Waals surface area (Å²) in [4.78, 5) is 14.2. The van der Waals surface area contributed by atoms with Gasteiger partial charge >= 0.3 is 0 Å². The van der Waals surface area contributed by atoms with Crippen LogP contribution >= 0.6 is 22.9 Å². The Hall–Kier alpha value is -1.42. The highest BCUT2D eigenvalue weighted by molar-refractivity contribution is 7.91. The number of halogens is 1. The molecule has 0 saturated carbocycles. The van der Waals surface area contributed by atoms with Crippen LogP contribution in [0.1, 0.15) is 16.2 Å². The molecule has 130 valence electrons. The predicted molar refractivity (Wildman–Crippen MR) is 91.9 cm³/mol. The molecule has 0 aliphatic carbocycles. The molecule has 1 aliphatic heterocycles. The molecule has 0 spiro atoms. The molecule has 3 rings (SSSR count). The lowest BCUT2D eigenvalue weighted by Gasteiger charge is -2.33. The second-order valence-corrected chi connectivity index (χ2v) is 8.99. The number of sulfonamides is 1. The van der Waals surface area contributed by atoms with E-state index in [4.69, 9.17) is 11.6 Å². The van der Waals surface area contributed by atoms with Crippen LogP contribution in [0.3, 0.4) is 0 Å². The van der Waals surface area contributed by atoms with Gasteiger partial charge in [-0.2, -0.15) is 9.40 Å². The molecule has 1 fully saturated rings. The van der Waals surface area contributed by atoms with E-state index in [9.17, 15) is 13.2 Å². The van der Waals surface area contributed by atoms with Crippen LogP contribution in [0.4, 0.5) is 0 Å². The van der Waals surface area contributed by atoms with Gasteiger partial charge in [0.1, 0.15) is 4.21 Å². The van der Waals surface area contributed by atoms with Crippen LogP contribution in [0, 0.1) is 6.92 Å². The number of aryl methyl sites for hydroxylation is 1. The molecule has 0 atom stereocenters. The minimum atomic E-state index is -3.48. The molecule has 1 aliphatic rings. The highest BCUT2D eigenvalue weighted by Gasteiger charge is 2.32. The molecule has 2 aromatic heterocycles. The van der Waals surface area contributed by atoms with Gasteiger partial charge in [-0.15, -0.1) is 11.3 Å². The summed E-state index contributed by atoms with van der Waals surface area (Å²) in [5.41, 5.74) is 0.935. The third-order valence-electron chi connectivity index (χ3n) is 4.08. The fourth-order valence-electron chi connectivity index (χ4n) is 2.54. The summed E-state index contributed by atoms with van der Waals surface area (Å²) < 4.78 is 28.3. The lowest BCUT2D eigenvalue weighted by atomic mass is 10.3. The van der Waals surface area contributed by atoms with Crippen LogP contribution in [0.5, 0.6) is 0 Å². The Bertz CT molecular complexity index is 853. The topological polar surface area (TPSA) is 75.5 Å². The van der Waals surface area contributed by atoms with Crippen molar-refractivity contribution in [2.75, 3.05) is 26.2 Å². The van der Waals surface area contributed by atoms with Gasteiger partial charge in [0.05, 0.1) is 10.7 Å². The maximum atomic E-state index is 12.6. The highest BCUT2D eigenvalue weighted by atomic mass is 35.5. The molecular formula is C14H17ClN4O3S2.